The number of aromatic nitrogens is 1. The lowest BCUT2D eigenvalue weighted by molar-refractivity contribution is 0.0963. The Balaban J connectivity index is 1.62. The second kappa shape index (κ2) is 7.04. The Hall–Kier alpha value is -3.27. The van der Waals surface area contributed by atoms with Crippen molar-refractivity contribution in [2.45, 2.75) is 6.10 Å². The van der Waals surface area contributed by atoms with Gasteiger partial charge in [-0.2, -0.15) is 0 Å². The number of nitrogens with one attached hydrogen (secondary N) is 1. The highest BCUT2D eigenvalue weighted by molar-refractivity contribution is 5.93. The topological polar surface area (TPSA) is 95.0 Å². The van der Waals surface area contributed by atoms with Crippen molar-refractivity contribution in [2.75, 3.05) is 36.0 Å². The first-order valence-electron chi connectivity index (χ1n) is 8.58. The summed E-state index contributed by atoms with van der Waals surface area (Å²) in [6.45, 7) is 0.590. The van der Waals surface area contributed by atoms with Gasteiger partial charge in [0.25, 0.3) is 0 Å². The molecule has 8 nitrogen and oxygen atoms in total. The van der Waals surface area contributed by atoms with Crippen molar-refractivity contribution in [3.05, 3.63) is 42.1 Å². The van der Waals surface area contributed by atoms with Crippen LogP contribution in [0.3, 0.4) is 0 Å². The molecule has 1 aromatic carbocycles. The van der Waals surface area contributed by atoms with E-state index in [1.54, 1.807) is 0 Å². The van der Waals surface area contributed by atoms with Gasteiger partial charge in [0, 0.05) is 24.8 Å². The number of hydrogen-bond acceptors (Lipinski definition) is 5. The number of carbonyl (C=O) groups excluding carboxylic acids is 2. The Morgan fingerprint density at radius 3 is 2.50 bits per heavy atom. The molecule has 1 atom stereocenters. The molecular formula is C18H16F2N4O4. The van der Waals surface area contributed by atoms with Gasteiger partial charge in [-0.15, -0.1) is 0 Å². The maximum absolute atomic E-state index is 14.6. The molecule has 2 aliphatic heterocycles. The van der Waals surface area contributed by atoms with Gasteiger partial charge in [0.2, 0.25) is 0 Å². The minimum Gasteiger partial charge on any atom is -0.441 e. The largest absolute Gasteiger partial charge is 0.441 e. The molecule has 3 heterocycles. The van der Waals surface area contributed by atoms with Crippen molar-refractivity contribution in [1.29, 1.82) is 0 Å². The standard InChI is InChI=1S/C18H16F2N4O4/c19-13-5-11(24-8-12(9-25)28-18(24)27)6-14(20)16(13)10-1-2-15(22-7-10)23-4-3-21-17(23)26/h1-2,5-7,12,25H,3-4,8-9H2,(H,21,26)/t12-/m1/s1. The SMILES string of the molecule is O=C1O[C@@H](CO)CN1c1cc(F)c(-c2ccc(N3CCNC3=O)nc2)c(F)c1. The lowest BCUT2D eigenvalue weighted by Crippen LogP contribution is -2.28. The van der Waals surface area contributed by atoms with Crippen LogP contribution in [0.1, 0.15) is 0 Å². The van der Waals surface area contributed by atoms with Gasteiger partial charge < -0.3 is 15.2 Å². The van der Waals surface area contributed by atoms with Gasteiger partial charge in [-0.25, -0.2) is 23.4 Å². The summed E-state index contributed by atoms with van der Waals surface area (Å²) in [6.07, 6.45) is -0.230. The maximum Gasteiger partial charge on any atom is 0.414 e. The van der Waals surface area contributed by atoms with E-state index in [1.807, 2.05) is 0 Å². The van der Waals surface area contributed by atoms with E-state index in [-0.39, 0.29) is 36.0 Å². The van der Waals surface area contributed by atoms with Crippen LogP contribution < -0.4 is 15.1 Å². The highest BCUT2D eigenvalue weighted by Crippen LogP contribution is 2.32. The second-order valence-electron chi connectivity index (χ2n) is 6.37. The van der Waals surface area contributed by atoms with E-state index in [4.69, 9.17) is 9.84 Å². The maximum atomic E-state index is 14.6. The Bertz CT molecular complexity index is 915. The third-order valence-electron chi connectivity index (χ3n) is 4.59. The fourth-order valence-corrected chi connectivity index (χ4v) is 3.20. The summed E-state index contributed by atoms with van der Waals surface area (Å²) in [5.41, 5.74) is -0.0971. The van der Waals surface area contributed by atoms with Crippen molar-refractivity contribution in [2.24, 2.45) is 0 Å². The molecule has 2 fully saturated rings. The molecule has 10 heteroatoms. The predicted octanol–water partition coefficient (Wildman–Crippen LogP) is 1.87. The summed E-state index contributed by atoms with van der Waals surface area (Å²) in [6, 6.07) is 4.76. The number of urea groups is 1. The molecular weight excluding hydrogens is 374 g/mol. The molecule has 0 aliphatic carbocycles. The number of carbonyl (C=O) groups is 2. The summed E-state index contributed by atoms with van der Waals surface area (Å²) in [5, 5.41) is 11.7. The van der Waals surface area contributed by atoms with Gasteiger partial charge in [0.05, 0.1) is 24.4 Å². The molecule has 4 rings (SSSR count). The Morgan fingerprint density at radius 2 is 1.96 bits per heavy atom. The smallest absolute Gasteiger partial charge is 0.414 e. The van der Waals surface area contributed by atoms with Crippen LogP contribution in [0.2, 0.25) is 0 Å². The number of amides is 3. The van der Waals surface area contributed by atoms with Crippen LogP contribution >= 0.6 is 0 Å². The van der Waals surface area contributed by atoms with E-state index < -0.39 is 23.8 Å². The zero-order chi connectivity index (χ0) is 19.8. The third kappa shape index (κ3) is 3.11. The normalized spacial score (nSPS) is 19.2. The number of benzene rings is 1. The number of nitrogens with zero attached hydrogens (tertiary/aromatic N) is 3. The fraction of sp³-hybridized carbons (Fsp3) is 0.278. The van der Waals surface area contributed by atoms with E-state index in [0.717, 1.165) is 17.0 Å². The zero-order valence-corrected chi connectivity index (χ0v) is 14.6. The van der Waals surface area contributed by atoms with Crippen molar-refractivity contribution in [3.63, 3.8) is 0 Å². The van der Waals surface area contributed by atoms with Crippen LogP contribution in [-0.2, 0) is 4.74 Å². The summed E-state index contributed by atoms with van der Waals surface area (Å²) < 4.78 is 34.2. The molecule has 2 saturated heterocycles. The number of halogens is 2. The fourth-order valence-electron chi connectivity index (χ4n) is 3.20. The van der Waals surface area contributed by atoms with Crippen molar-refractivity contribution in [3.8, 4) is 11.1 Å². The van der Waals surface area contributed by atoms with Crippen LogP contribution in [0.25, 0.3) is 11.1 Å². The quantitative estimate of drug-likeness (QED) is 0.831. The minimum absolute atomic E-state index is 0.00170. The Morgan fingerprint density at radius 1 is 1.21 bits per heavy atom. The van der Waals surface area contributed by atoms with E-state index >= 15 is 0 Å². The van der Waals surface area contributed by atoms with E-state index in [0.29, 0.717) is 18.9 Å². The summed E-state index contributed by atoms with van der Waals surface area (Å²) >= 11 is 0. The lowest BCUT2D eigenvalue weighted by Gasteiger charge is -2.16. The zero-order valence-electron chi connectivity index (χ0n) is 14.6. The van der Waals surface area contributed by atoms with Gasteiger partial charge in [-0.3, -0.25) is 9.80 Å². The number of cyclic esters (lactones) is 1. The molecule has 0 bridgehead atoms. The van der Waals surface area contributed by atoms with Crippen LogP contribution in [-0.4, -0.2) is 54.6 Å². The highest BCUT2D eigenvalue weighted by atomic mass is 19.1. The Kier molecular flexibility index (Phi) is 4.55. The molecule has 0 spiro atoms. The van der Waals surface area contributed by atoms with Crippen molar-refractivity contribution in [1.82, 2.24) is 10.3 Å². The van der Waals surface area contributed by atoms with Crippen LogP contribution in [0.5, 0.6) is 0 Å². The minimum atomic E-state index is -0.872. The average Bonchev–Trinajstić information content (AvgIpc) is 3.27. The number of pyridine rings is 1. The second-order valence-corrected chi connectivity index (χ2v) is 6.37. The lowest BCUT2D eigenvalue weighted by atomic mass is 10.1. The molecule has 28 heavy (non-hydrogen) atoms. The molecule has 0 radical (unpaired) electrons. The van der Waals surface area contributed by atoms with E-state index in [1.165, 1.54) is 23.2 Å². The van der Waals surface area contributed by atoms with E-state index in [9.17, 15) is 18.4 Å². The molecule has 2 aromatic rings. The Labute approximate surface area is 158 Å². The van der Waals surface area contributed by atoms with Crippen LogP contribution in [0.4, 0.5) is 29.9 Å². The first-order valence-corrected chi connectivity index (χ1v) is 8.58. The van der Waals surface area contributed by atoms with Crippen LogP contribution in [0, 0.1) is 11.6 Å². The summed E-state index contributed by atoms with van der Waals surface area (Å²) in [5.74, 6) is -1.36. The first-order chi connectivity index (χ1) is 13.5. The molecule has 1 aromatic heterocycles. The molecule has 2 N–H and O–H groups in total. The van der Waals surface area contributed by atoms with Gasteiger partial charge in [-0.1, -0.05) is 0 Å². The summed E-state index contributed by atoms with van der Waals surface area (Å²) in [7, 11) is 0. The van der Waals surface area contributed by atoms with Gasteiger partial charge in [-0.05, 0) is 24.3 Å². The molecule has 146 valence electrons. The first kappa shape index (κ1) is 18.1. The molecule has 0 unspecified atom stereocenters. The van der Waals surface area contributed by atoms with Crippen molar-refractivity contribution >= 4 is 23.6 Å². The number of ether oxygens (including phenoxy) is 1. The number of rotatable bonds is 4. The highest BCUT2D eigenvalue weighted by Gasteiger charge is 2.33. The number of aliphatic hydroxyl groups excluding tert-OH is 1. The predicted molar refractivity (Wildman–Crippen MR) is 95.0 cm³/mol. The van der Waals surface area contributed by atoms with E-state index in [2.05, 4.69) is 10.3 Å². The van der Waals surface area contributed by atoms with Gasteiger partial charge >= 0.3 is 12.1 Å². The van der Waals surface area contributed by atoms with Gasteiger partial charge in [0.1, 0.15) is 23.6 Å². The molecule has 3 amide bonds. The monoisotopic (exact) mass is 390 g/mol. The average molecular weight is 390 g/mol. The number of hydrogen-bond donors (Lipinski definition) is 2. The van der Waals surface area contributed by atoms with Crippen molar-refractivity contribution < 1.29 is 28.2 Å². The molecule has 2 aliphatic rings. The molecule has 0 saturated carbocycles. The van der Waals surface area contributed by atoms with Crippen LogP contribution in [0.15, 0.2) is 30.5 Å². The summed E-state index contributed by atoms with van der Waals surface area (Å²) in [4.78, 5) is 30.1. The number of aliphatic hydroxyl groups is 1. The van der Waals surface area contributed by atoms with Gasteiger partial charge in [0.15, 0.2) is 0 Å². The third-order valence-corrected chi connectivity index (χ3v) is 4.59. The number of anilines is 2.